The summed E-state index contributed by atoms with van der Waals surface area (Å²) < 4.78 is 45.9. The molecule has 0 saturated heterocycles. The zero-order valence-corrected chi connectivity index (χ0v) is 16.7. The third kappa shape index (κ3) is 4.33. The highest BCUT2D eigenvalue weighted by molar-refractivity contribution is 6.10. The summed E-state index contributed by atoms with van der Waals surface area (Å²) >= 11 is 0. The van der Waals surface area contributed by atoms with Gasteiger partial charge in [-0.1, -0.05) is 24.3 Å². The number of hydrogen-bond acceptors (Lipinski definition) is 3. The number of rotatable bonds is 3. The highest BCUT2D eigenvalue weighted by atomic mass is 19.4. The Labute approximate surface area is 176 Å². The summed E-state index contributed by atoms with van der Waals surface area (Å²) in [5.41, 5.74) is 1.66. The molecule has 5 nitrogen and oxygen atoms in total. The van der Waals surface area contributed by atoms with Gasteiger partial charge in [0.2, 0.25) is 0 Å². The van der Waals surface area contributed by atoms with Crippen LogP contribution >= 0.6 is 0 Å². The van der Waals surface area contributed by atoms with Crippen LogP contribution < -0.4 is 11.1 Å². The average Bonchev–Trinajstić information content (AvgIpc) is 2.91. The number of fused-ring (bicyclic) bond motifs is 1. The Morgan fingerprint density at radius 1 is 1.19 bits per heavy atom. The maximum absolute atomic E-state index is 13.0. The van der Waals surface area contributed by atoms with Gasteiger partial charge in [-0.05, 0) is 49.3 Å². The molecule has 0 saturated carbocycles. The molecule has 4 rings (SSSR count). The van der Waals surface area contributed by atoms with E-state index in [1.54, 1.807) is 25.3 Å². The van der Waals surface area contributed by atoms with Crippen LogP contribution in [0, 0.1) is 0 Å². The number of anilines is 1. The van der Waals surface area contributed by atoms with Crippen molar-refractivity contribution < 1.29 is 17.6 Å². The molecule has 160 valence electrons. The van der Waals surface area contributed by atoms with Gasteiger partial charge in [0.05, 0.1) is 11.3 Å². The summed E-state index contributed by atoms with van der Waals surface area (Å²) in [7, 11) is 1.56. The van der Waals surface area contributed by atoms with E-state index in [4.69, 9.17) is 4.42 Å². The molecular weight excluding hydrogens is 407 g/mol. The average molecular weight is 427 g/mol. The molecule has 1 aromatic carbocycles. The highest BCUT2D eigenvalue weighted by Crippen LogP contribution is 2.31. The molecule has 0 unspecified atom stereocenters. The van der Waals surface area contributed by atoms with Crippen molar-refractivity contribution in [3.8, 4) is 0 Å². The molecule has 0 radical (unpaired) electrons. The molecule has 0 bridgehead atoms. The molecule has 0 atom stereocenters. The maximum atomic E-state index is 13.0. The third-order valence-electron chi connectivity index (χ3n) is 5.04. The number of aryl methyl sites for hydroxylation is 1. The van der Waals surface area contributed by atoms with E-state index >= 15 is 0 Å². The first-order chi connectivity index (χ1) is 14.9. The lowest BCUT2D eigenvalue weighted by atomic mass is 10.1. The fraction of sp³-hybridized carbons (Fsp3) is 0.217. The number of alkyl halides is 3. The molecule has 1 heterocycles. The SMILES string of the molecule is CN=C(Nc1cccc(C(F)(F)F)c1)C1=CCC=C(n2c3c(oc2=O)CCC=C3)C=C1. The first-order valence-corrected chi connectivity index (χ1v) is 9.78. The Kier molecular flexibility index (Phi) is 5.54. The maximum Gasteiger partial charge on any atom is 0.424 e. The van der Waals surface area contributed by atoms with Crippen LogP contribution in [0.5, 0.6) is 0 Å². The van der Waals surface area contributed by atoms with Crippen molar-refractivity contribution in [3.05, 3.63) is 87.8 Å². The number of benzene rings is 1. The van der Waals surface area contributed by atoms with Crippen LogP contribution in [0.1, 0.15) is 29.9 Å². The van der Waals surface area contributed by atoms with Crippen molar-refractivity contribution in [2.75, 3.05) is 12.4 Å². The Hall–Kier alpha value is -3.55. The predicted octanol–water partition coefficient (Wildman–Crippen LogP) is 5.29. The van der Waals surface area contributed by atoms with Gasteiger partial charge in [-0.3, -0.25) is 4.99 Å². The van der Waals surface area contributed by atoms with Gasteiger partial charge in [0, 0.05) is 30.4 Å². The number of allylic oxidation sites excluding steroid dienone is 5. The van der Waals surface area contributed by atoms with Gasteiger partial charge in [0.1, 0.15) is 11.6 Å². The quantitative estimate of drug-likeness (QED) is 0.535. The van der Waals surface area contributed by atoms with Crippen molar-refractivity contribution in [1.82, 2.24) is 4.57 Å². The predicted molar refractivity (Wildman–Crippen MR) is 115 cm³/mol. The van der Waals surface area contributed by atoms with Crippen LogP contribution in [-0.2, 0) is 12.6 Å². The summed E-state index contributed by atoms with van der Waals surface area (Å²) in [4.78, 5) is 16.6. The topological polar surface area (TPSA) is 59.5 Å². The third-order valence-corrected chi connectivity index (χ3v) is 5.04. The molecule has 0 amide bonds. The number of aromatic nitrogens is 1. The number of oxazole rings is 1. The second-order valence-corrected chi connectivity index (χ2v) is 7.09. The van der Waals surface area contributed by atoms with Gasteiger partial charge in [-0.25, -0.2) is 9.36 Å². The van der Waals surface area contributed by atoms with E-state index in [1.807, 2.05) is 24.3 Å². The fourth-order valence-electron chi connectivity index (χ4n) is 3.55. The summed E-state index contributed by atoms with van der Waals surface area (Å²) in [5.74, 6) is 0.648. The van der Waals surface area contributed by atoms with Crippen molar-refractivity contribution in [2.24, 2.45) is 4.99 Å². The largest absolute Gasteiger partial charge is 0.424 e. The standard InChI is InChI=1S/C23H20F3N3O2/c1-27-21(28-17-8-5-7-16(14-17)23(24,25)26)15-6-4-9-18(13-12-15)29-19-10-2-3-11-20(19)31-22(29)30/h2,5-10,12-14H,3-4,11H2,1H3,(H,27,28). The number of halogens is 3. The van der Waals surface area contributed by atoms with Crippen molar-refractivity contribution in [3.63, 3.8) is 0 Å². The minimum atomic E-state index is -4.42. The molecule has 31 heavy (non-hydrogen) atoms. The smallest absolute Gasteiger partial charge is 0.412 e. The molecule has 1 aromatic heterocycles. The molecule has 1 N–H and O–H groups in total. The minimum Gasteiger partial charge on any atom is -0.412 e. The molecule has 2 aromatic rings. The second kappa shape index (κ2) is 8.29. The molecule has 2 aliphatic carbocycles. The molecular formula is C23H20F3N3O2. The Balaban J connectivity index is 1.57. The zero-order valence-electron chi connectivity index (χ0n) is 16.7. The first-order valence-electron chi connectivity index (χ1n) is 9.78. The Morgan fingerprint density at radius 3 is 2.81 bits per heavy atom. The van der Waals surface area contributed by atoms with Gasteiger partial charge in [-0.2, -0.15) is 13.2 Å². The van der Waals surface area contributed by atoms with Crippen molar-refractivity contribution >= 4 is 23.3 Å². The van der Waals surface area contributed by atoms with E-state index < -0.39 is 17.5 Å². The number of aliphatic imine (C=N–C) groups is 1. The van der Waals surface area contributed by atoms with Crippen LogP contribution in [0.15, 0.2) is 74.4 Å². The molecule has 2 aliphatic rings. The van der Waals surface area contributed by atoms with E-state index in [0.29, 0.717) is 35.7 Å². The van der Waals surface area contributed by atoms with Crippen LogP contribution in [0.25, 0.3) is 11.8 Å². The van der Waals surface area contributed by atoms with Crippen molar-refractivity contribution in [1.29, 1.82) is 0 Å². The van der Waals surface area contributed by atoms with Gasteiger partial charge >= 0.3 is 11.9 Å². The molecule has 0 spiro atoms. The van der Waals surface area contributed by atoms with E-state index in [1.165, 1.54) is 10.6 Å². The van der Waals surface area contributed by atoms with Gasteiger partial charge in [0.25, 0.3) is 0 Å². The van der Waals surface area contributed by atoms with Crippen LogP contribution in [0.4, 0.5) is 18.9 Å². The normalized spacial score (nSPS) is 16.5. The second-order valence-electron chi connectivity index (χ2n) is 7.09. The highest BCUT2D eigenvalue weighted by Gasteiger charge is 2.30. The number of nitrogens with zero attached hydrogens (tertiary/aromatic N) is 2. The zero-order chi connectivity index (χ0) is 22.0. The summed E-state index contributed by atoms with van der Waals surface area (Å²) in [6.45, 7) is 0. The lowest BCUT2D eigenvalue weighted by molar-refractivity contribution is -0.137. The van der Waals surface area contributed by atoms with E-state index in [9.17, 15) is 18.0 Å². The van der Waals surface area contributed by atoms with Crippen LogP contribution in [0.3, 0.4) is 0 Å². The Bertz CT molecular complexity index is 1210. The van der Waals surface area contributed by atoms with Crippen molar-refractivity contribution in [2.45, 2.75) is 25.4 Å². The van der Waals surface area contributed by atoms with Gasteiger partial charge in [-0.15, -0.1) is 0 Å². The van der Waals surface area contributed by atoms with Gasteiger partial charge in [0.15, 0.2) is 0 Å². The minimum absolute atomic E-state index is 0.285. The number of hydrogen-bond donors (Lipinski definition) is 1. The fourth-order valence-corrected chi connectivity index (χ4v) is 3.55. The van der Waals surface area contributed by atoms with Crippen LogP contribution in [0.2, 0.25) is 0 Å². The summed E-state index contributed by atoms with van der Waals surface area (Å²) in [6, 6.07) is 4.96. The van der Waals surface area contributed by atoms with Crippen LogP contribution in [-0.4, -0.2) is 17.5 Å². The van der Waals surface area contributed by atoms with E-state index in [2.05, 4.69) is 10.3 Å². The molecule has 8 heteroatoms. The van der Waals surface area contributed by atoms with E-state index in [-0.39, 0.29) is 5.69 Å². The number of nitrogens with one attached hydrogen (secondary N) is 1. The summed E-state index contributed by atoms with van der Waals surface area (Å²) in [5, 5.41) is 2.96. The summed E-state index contributed by atoms with van der Waals surface area (Å²) in [6.07, 6.45) is 8.81. The lowest BCUT2D eigenvalue weighted by Crippen LogP contribution is -2.15. The Morgan fingerprint density at radius 2 is 2.03 bits per heavy atom. The molecule has 0 fully saturated rings. The molecule has 0 aliphatic heterocycles. The lowest BCUT2D eigenvalue weighted by Gasteiger charge is -2.13. The monoisotopic (exact) mass is 427 g/mol. The van der Waals surface area contributed by atoms with E-state index in [0.717, 1.165) is 24.2 Å². The number of amidine groups is 1. The first kappa shape index (κ1) is 20.7. The van der Waals surface area contributed by atoms with Gasteiger partial charge < -0.3 is 9.73 Å².